The fraction of sp³-hybridized carbons (Fsp3) is 0.263. The lowest BCUT2D eigenvalue weighted by Gasteiger charge is -2.23. The molecule has 0 radical (unpaired) electrons. The van der Waals surface area contributed by atoms with Crippen LogP contribution in [0.25, 0.3) is 0 Å². The zero-order valence-electron chi connectivity index (χ0n) is 14.9. The van der Waals surface area contributed by atoms with E-state index in [0.717, 1.165) is 18.4 Å². The van der Waals surface area contributed by atoms with Crippen LogP contribution in [0.4, 0.5) is 18.9 Å². The van der Waals surface area contributed by atoms with E-state index in [4.69, 9.17) is 0 Å². The molecule has 1 amide bonds. The minimum absolute atomic E-state index is 0.139. The molecule has 0 aromatic heterocycles. The first-order valence-electron chi connectivity index (χ1n) is 8.36. The largest absolute Gasteiger partial charge is 0.416 e. The van der Waals surface area contributed by atoms with Crippen molar-refractivity contribution in [2.75, 3.05) is 30.0 Å². The Morgan fingerprint density at radius 3 is 2.39 bits per heavy atom. The van der Waals surface area contributed by atoms with E-state index in [1.807, 2.05) is 0 Å². The number of carbonyl (C=O) groups excluding carboxylic acids is 1. The molecule has 3 rings (SSSR count). The molecule has 148 valence electrons. The summed E-state index contributed by atoms with van der Waals surface area (Å²) in [6.45, 7) is -0.447. The molecule has 1 aliphatic rings. The molecule has 0 aliphatic carbocycles. The molecule has 1 heterocycles. The average Bonchev–Trinajstić information content (AvgIpc) is 2.75. The van der Waals surface area contributed by atoms with Gasteiger partial charge in [0.15, 0.2) is 0 Å². The van der Waals surface area contributed by atoms with Crippen LogP contribution >= 0.6 is 0 Å². The lowest BCUT2D eigenvalue weighted by Crippen LogP contribution is -2.36. The fourth-order valence-electron chi connectivity index (χ4n) is 2.93. The van der Waals surface area contributed by atoms with Crippen molar-refractivity contribution >= 4 is 27.1 Å². The van der Waals surface area contributed by atoms with Gasteiger partial charge in [0.25, 0.3) is 0 Å². The van der Waals surface area contributed by atoms with Crippen molar-refractivity contribution in [1.29, 1.82) is 0 Å². The normalized spacial score (nSPS) is 15.1. The molecule has 28 heavy (non-hydrogen) atoms. The molecule has 0 unspecified atom stereocenters. The Hall–Kier alpha value is -2.68. The molecule has 5 nitrogen and oxygen atoms in total. The maximum atomic E-state index is 13.3. The SMILES string of the molecule is CS(=O)(=O)CCN1C(=O)CN=C(c2ccccc2)c2cc(C(F)(F)F)ccc21. The summed E-state index contributed by atoms with van der Waals surface area (Å²) in [7, 11) is -3.37. The fourth-order valence-corrected chi connectivity index (χ4v) is 3.45. The smallest absolute Gasteiger partial charge is 0.309 e. The van der Waals surface area contributed by atoms with Gasteiger partial charge in [-0.2, -0.15) is 13.2 Å². The summed E-state index contributed by atoms with van der Waals surface area (Å²) in [6, 6.07) is 11.6. The van der Waals surface area contributed by atoms with Crippen LogP contribution in [0.3, 0.4) is 0 Å². The first-order valence-corrected chi connectivity index (χ1v) is 10.4. The monoisotopic (exact) mass is 410 g/mol. The van der Waals surface area contributed by atoms with Gasteiger partial charge in [0, 0.05) is 23.9 Å². The molecule has 0 fully saturated rings. The van der Waals surface area contributed by atoms with Crippen LogP contribution < -0.4 is 4.90 Å². The van der Waals surface area contributed by atoms with Gasteiger partial charge >= 0.3 is 6.18 Å². The van der Waals surface area contributed by atoms with E-state index >= 15 is 0 Å². The van der Waals surface area contributed by atoms with Crippen LogP contribution in [-0.4, -0.2) is 45.1 Å². The number of hydrogen-bond acceptors (Lipinski definition) is 4. The highest BCUT2D eigenvalue weighted by atomic mass is 32.2. The van der Waals surface area contributed by atoms with Gasteiger partial charge in [-0.15, -0.1) is 0 Å². The van der Waals surface area contributed by atoms with Crippen molar-refractivity contribution in [3.63, 3.8) is 0 Å². The third kappa shape index (κ3) is 4.41. The number of fused-ring (bicyclic) bond motifs is 1. The second-order valence-electron chi connectivity index (χ2n) is 6.44. The molecule has 0 spiro atoms. The van der Waals surface area contributed by atoms with Gasteiger partial charge in [0.1, 0.15) is 16.4 Å². The number of nitrogens with zero attached hydrogens (tertiary/aromatic N) is 2. The lowest BCUT2D eigenvalue weighted by molar-refractivity contribution is -0.137. The van der Waals surface area contributed by atoms with Crippen LogP contribution in [0.15, 0.2) is 53.5 Å². The van der Waals surface area contributed by atoms with Gasteiger partial charge in [-0.05, 0) is 18.2 Å². The van der Waals surface area contributed by atoms with Gasteiger partial charge in [-0.1, -0.05) is 30.3 Å². The summed E-state index contributed by atoms with van der Waals surface area (Å²) in [5, 5.41) is 0. The molecule has 0 bridgehead atoms. The first-order chi connectivity index (χ1) is 13.1. The Bertz CT molecular complexity index is 1030. The summed E-state index contributed by atoms with van der Waals surface area (Å²) in [5.41, 5.74) is 0.312. The van der Waals surface area contributed by atoms with Gasteiger partial charge in [0.05, 0.1) is 22.7 Å². The number of amides is 1. The molecule has 0 saturated carbocycles. The summed E-state index contributed by atoms with van der Waals surface area (Å²) in [6.07, 6.45) is -3.53. The number of benzene rings is 2. The van der Waals surface area contributed by atoms with Crippen LogP contribution in [0.2, 0.25) is 0 Å². The number of benzodiazepines with no additional fused rings is 1. The zero-order valence-corrected chi connectivity index (χ0v) is 15.7. The lowest BCUT2D eigenvalue weighted by atomic mass is 9.98. The van der Waals surface area contributed by atoms with E-state index < -0.39 is 27.5 Å². The van der Waals surface area contributed by atoms with Gasteiger partial charge in [-0.25, -0.2) is 8.42 Å². The predicted molar refractivity (Wildman–Crippen MR) is 100 cm³/mol. The van der Waals surface area contributed by atoms with Crippen LogP contribution in [0.1, 0.15) is 16.7 Å². The van der Waals surface area contributed by atoms with Crippen molar-refractivity contribution in [1.82, 2.24) is 0 Å². The molecule has 2 aromatic carbocycles. The number of carbonyl (C=O) groups is 1. The van der Waals surface area contributed by atoms with Crippen molar-refractivity contribution in [2.24, 2.45) is 4.99 Å². The molecule has 1 aliphatic heterocycles. The van der Waals surface area contributed by atoms with E-state index in [2.05, 4.69) is 4.99 Å². The third-order valence-electron chi connectivity index (χ3n) is 4.28. The highest BCUT2D eigenvalue weighted by molar-refractivity contribution is 7.90. The maximum Gasteiger partial charge on any atom is 0.416 e. The minimum atomic E-state index is -4.56. The second kappa shape index (κ2) is 7.38. The first kappa shape index (κ1) is 20.1. The van der Waals surface area contributed by atoms with Gasteiger partial charge < -0.3 is 4.90 Å². The maximum absolute atomic E-state index is 13.3. The van der Waals surface area contributed by atoms with E-state index in [1.54, 1.807) is 30.3 Å². The Balaban J connectivity index is 2.17. The number of sulfone groups is 1. The third-order valence-corrected chi connectivity index (χ3v) is 5.20. The number of aliphatic imine (C=N–C) groups is 1. The molecule has 2 aromatic rings. The highest BCUT2D eigenvalue weighted by Crippen LogP contribution is 2.35. The predicted octanol–water partition coefficient (Wildman–Crippen LogP) is 2.93. The summed E-state index contributed by atoms with van der Waals surface area (Å²) in [5.74, 6) is -0.782. The van der Waals surface area contributed by atoms with Gasteiger partial charge in [-0.3, -0.25) is 9.79 Å². The topological polar surface area (TPSA) is 66.8 Å². The molecule has 0 N–H and O–H groups in total. The van der Waals surface area contributed by atoms with Crippen LogP contribution in [-0.2, 0) is 20.8 Å². The van der Waals surface area contributed by atoms with Crippen molar-refractivity contribution in [3.8, 4) is 0 Å². The summed E-state index contributed by atoms with van der Waals surface area (Å²) < 4.78 is 62.9. The summed E-state index contributed by atoms with van der Waals surface area (Å²) >= 11 is 0. The molecule has 0 atom stereocenters. The molecular formula is C19H17F3N2O3S. The number of alkyl halides is 3. The minimum Gasteiger partial charge on any atom is -0.309 e. The van der Waals surface area contributed by atoms with E-state index in [1.165, 1.54) is 11.0 Å². The van der Waals surface area contributed by atoms with Crippen LogP contribution in [0, 0.1) is 0 Å². The number of halogens is 3. The zero-order chi connectivity index (χ0) is 20.5. The second-order valence-corrected chi connectivity index (χ2v) is 8.70. The average molecular weight is 410 g/mol. The Labute approximate surface area is 160 Å². The van der Waals surface area contributed by atoms with Crippen LogP contribution in [0.5, 0.6) is 0 Å². The van der Waals surface area contributed by atoms with E-state index in [9.17, 15) is 26.4 Å². The Morgan fingerprint density at radius 1 is 1.11 bits per heavy atom. The summed E-state index contributed by atoms with van der Waals surface area (Å²) in [4.78, 5) is 18.0. The number of anilines is 1. The number of hydrogen-bond donors (Lipinski definition) is 0. The van der Waals surface area contributed by atoms with Crippen molar-refractivity contribution in [2.45, 2.75) is 6.18 Å². The Morgan fingerprint density at radius 2 is 1.79 bits per heavy atom. The standard InChI is InChI=1S/C19H17F3N2O3S/c1-28(26,27)10-9-24-16-8-7-14(19(20,21)22)11-15(16)18(23-12-17(24)25)13-5-3-2-4-6-13/h2-8,11H,9-10,12H2,1H3. The van der Waals surface area contributed by atoms with E-state index in [0.29, 0.717) is 5.56 Å². The molecular weight excluding hydrogens is 393 g/mol. The Kier molecular flexibility index (Phi) is 5.29. The number of rotatable bonds is 4. The van der Waals surface area contributed by atoms with E-state index in [-0.39, 0.29) is 35.8 Å². The molecule has 0 saturated heterocycles. The van der Waals surface area contributed by atoms with Crippen molar-refractivity contribution in [3.05, 3.63) is 65.2 Å². The quantitative estimate of drug-likeness (QED) is 0.779. The molecule has 9 heteroatoms. The highest BCUT2D eigenvalue weighted by Gasteiger charge is 2.33. The van der Waals surface area contributed by atoms with Gasteiger partial charge in [0.2, 0.25) is 5.91 Å². The van der Waals surface area contributed by atoms with Crippen molar-refractivity contribution < 1.29 is 26.4 Å².